The van der Waals surface area contributed by atoms with Gasteiger partial charge in [0.15, 0.2) is 6.10 Å². The highest BCUT2D eigenvalue weighted by Gasteiger charge is 2.18. The van der Waals surface area contributed by atoms with E-state index in [4.69, 9.17) is 14.2 Å². The van der Waals surface area contributed by atoms with E-state index in [1.165, 1.54) is 4.90 Å². The topological polar surface area (TPSA) is 85.3 Å². The van der Waals surface area contributed by atoms with Gasteiger partial charge in [0.1, 0.15) is 18.1 Å². The molecule has 0 aliphatic carbocycles. The lowest BCUT2D eigenvalue weighted by Gasteiger charge is -2.22. The van der Waals surface area contributed by atoms with E-state index in [0.717, 1.165) is 28.6 Å². The second-order valence-corrected chi connectivity index (χ2v) is 10.7. The number of unbranched alkanes of at least 4 members (excludes halogenated alkanes) is 1. The number of nitrogens with zero attached hydrogens (tertiary/aromatic N) is 1. The van der Waals surface area contributed by atoms with Crippen LogP contribution in [0.1, 0.15) is 25.3 Å². The summed E-state index contributed by atoms with van der Waals surface area (Å²) in [5.74, 6) is 1.11. The minimum absolute atomic E-state index is 0.279. The van der Waals surface area contributed by atoms with Gasteiger partial charge in [-0.1, -0.05) is 46.3 Å². The molecule has 1 unspecified atom stereocenters. The average molecular weight is 617 g/mol. The van der Waals surface area contributed by atoms with Gasteiger partial charge in [-0.25, -0.2) is 9.59 Å². The first-order valence-electron chi connectivity index (χ1n) is 12.9. The van der Waals surface area contributed by atoms with E-state index >= 15 is 0 Å². The van der Waals surface area contributed by atoms with Gasteiger partial charge in [0.2, 0.25) is 0 Å². The maximum atomic E-state index is 13.0. The number of thioether (sulfide) groups is 1. The molecule has 3 aromatic carbocycles. The molecule has 39 heavy (non-hydrogen) atoms. The fraction of sp³-hybridized carbons (Fsp3) is 0.333. The lowest BCUT2D eigenvalue weighted by atomic mass is 10.1. The van der Waals surface area contributed by atoms with Gasteiger partial charge in [-0.3, -0.25) is 0 Å². The Hall–Kier alpha value is -3.01. The van der Waals surface area contributed by atoms with Crippen molar-refractivity contribution in [2.75, 3.05) is 32.1 Å². The quantitative estimate of drug-likeness (QED) is 0.138. The molecule has 0 radical (unpaired) electrons. The Labute approximate surface area is 242 Å². The van der Waals surface area contributed by atoms with Crippen LogP contribution in [0, 0.1) is 0 Å². The van der Waals surface area contributed by atoms with Crippen molar-refractivity contribution in [1.82, 2.24) is 4.90 Å². The van der Waals surface area contributed by atoms with E-state index in [1.54, 1.807) is 47.9 Å². The summed E-state index contributed by atoms with van der Waals surface area (Å²) in [6.07, 6.45) is 0.792. The first-order valence-corrected chi connectivity index (χ1v) is 14.7. The second-order valence-electron chi connectivity index (χ2n) is 8.66. The summed E-state index contributed by atoms with van der Waals surface area (Å²) in [6, 6.07) is 24.7. The molecule has 3 rings (SSSR count). The molecule has 0 saturated carbocycles. The number of aliphatic carboxylic acids is 1. The van der Waals surface area contributed by atoms with Crippen molar-refractivity contribution in [1.29, 1.82) is 0 Å². The van der Waals surface area contributed by atoms with Crippen molar-refractivity contribution in [3.63, 3.8) is 0 Å². The first-order chi connectivity index (χ1) is 18.9. The third-order valence-electron chi connectivity index (χ3n) is 5.73. The molecule has 208 valence electrons. The molecule has 0 fully saturated rings. The zero-order chi connectivity index (χ0) is 27.9. The minimum Gasteiger partial charge on any atom is -0.492 e. The number of benzene rings is 3. The van der Waals surface area contributed by atoms with Gasteiger partial charge in [-0.2, -0.15) is 0 Å². The van der Waals surface area contributed by atoms with Crippen molar-refractivity contribution in [3.05, 3.63) is 88.9 Å². The van der Waals surface area contributed by atoms with E-state index in [0.29, 0.717) is 37.8 Å². The first kappa shape index (κ1) is 30.5. The van der Waals surface area contributed by atoms with E-state index < -0.39 is 18.2 Å². The predicted molar refractivity (Wildman–Crippen MR) is 157 cm³/mol. The Morgan fingerprint density at radius 2 is 1.62 bits per heavy atom. The molecule has 1 amide bonds. The van der Waals surface area contributed by atoms with Gasteiger partial charge in [-0.15, -0.1) is 11.8 Å². The van der Waals surface area contributed by atoms with Crippen LogP contribution in [0.2, 0.25) is 0 Å². The van der Waals surface area contributed by atoms with Gasteiger partial charge in [0.25, 0.3) is 0 Å². The highest BCUT2D eigenvalue weighted by Crippen LogP contribution is 2.20. The van der Waals surface area contributed by atoms with Crippen molar-refractivity contribution >= 4 is 39.8 Å². The number of halogens is 1. The average Bonchev–Trinajstić information content (AvgIpc) is 2.94. The summed E-state index contributed by atoms with van der Waals surface area (Å²) in [6.45, 7) is 3.33. The third kappa shape index (κ3) is 11.3. The molecule has 0 heterocycles. The van der Waals surface area contributed by atoms with Gasteiger partial charge in [-0.05, 0) is 79.6 Å². The zero-order valence-electron chi connectivity index (χ0n) is 22.0. The Kier molecular flexibility index (Phi) is 13.2. The molecule has 0 saturated heterocycles. The number of carbonyl (C=O) groups is 2. The van der Waals surface area contributed by atoms with Crippen molar-refractivity contribution in [2.45, 2.75) is 37.2 Å². The molecule has 0 aliphatic rings. The molecule has 0 aliphatic heterocycles. The molecule has 9 heteroatoms. The van der Waals surface area contributed by atoms with Gasteiger partial charge in [0.05, 0.1) is 6.54 Å². The van der Waals surface area contributed by atoms with Crippen LogP contribution in [-0.4, -0.2) is 60.2 Å². The van der Waals surface area contributed by atoms with Crippen LogP contribution < -0.4 is 9.47 Å². The van der Waals surface area contributed by atoms with Gasteiger partial charge < -0.3 is 24.2 Å². The van der Waals surface area contributed by atoms with E-state index in [2.05, 4.69) is 28.1 Å². The SMILES string of the molecule is CCOC(Cc1ccc(OCCN(CCCCSc2ccccc2)C(=O)Oc2ccc(Br)cc2)cc1)C(=O)O. The Morgan fingerprint density at radius 1 is 0.923 bits per heavy atom. The summed E-state index contributed by atoms with van der Waals surface area (Å²) in [5, 5.41) is 9.29. The highest BCUT2D eigenvalue weighted by atomic mass is 79.9. The van der Waals surface area contributed by atoms with E-state index in [9.17, 15) is 14.7 Å². The number of rotatable bonds is 16. The van der Waals surface area contributed by atoms with Crippen LogP contribution in [-0.2, 0) is 16.0 Å². The molecule has 1 N–H and O–H groups in total. The summed E-state index contributed by atoms with van der Waals surface area (Å²) in [5.41, 5.74) is 0.844. The van der Waals surface area contributed by atoms with Crippen LogP contribution in [0.15, 0.2) is 88.2 Å². The largest absolute Gasteiger partial charge is 0.492 e. The maximum absolute atomic E-state index is 13.0. The molecular weight excluding hydrogens is 582 g/mol. The summed E-state index contributed by atoms with van der Waals surface area (Å²) < 4.78 is 17.7. The van der Waals surface area contributed by atoms with Gasteiger partial charge >= 0.3 is 12.1 Å². The lowest BCUT2D eigenvalue weighted by Crippen LogP contribution is -2.37. The number of carboxylic acid groups (broad SMARTS) is 1. The fourth-order valence-corrected chi connectivity index (χ4v) is 4.90. The lowest BCUT2D eigenvalue weighted by molar-refractivity contribution is -0.149. The predicted octanol–water partition coefficient (Wildman–Crippen LogP) is 6.93. The zero-order valence-corrected chi connectivity index (χ0v) is 24.4. The minimum atomic E-state index is -0.981. The second kappa shape index (κ2) is 16.8. The molecular formula is C30H34BrNO6S. The molecule has 0 aromatic heterocycles. The Morgan fingerprint density at radius 3 is 2.28 bits per heavy atom. The number of ether oxygens (including phenoxy) is 3. The van der Waals surface area contributed by atoms with Gasteiger partial charge in [0, 0.05) is 28.9 Å². The monoisotopic (exact) mass is 615 g/mol. The van der Waals surface area contributed by atoms with Crippen LogP contribution >= 0.6 is 27.7 Å². The normalized spacial score (nSPS) is 11.5. The van der Waals surface area contributed by atoms with Crippen LogP contribution in [0.25, 0.3) is 0 Å². The van der Waals surface area contributed by atoms with Crippen molar-refractivity contribution in [3.8, 4) is 11.5 Å². The molecule has 7 nitrogen and oxygen atoms in total. The van der Waals surface area contributed by atoms with Crippen molar-refractivity contribution in [2.24, 2.45) is 0 Å². The Balaban J connectivity index is 1.50. The van der Waals surface area contributed by atoms with Crippen LogP contribution in [0.4, 0.5) is 4.79 Å². The number of amides is 1. The fourth-order valence-electron chi connectivity index (χ4n) is 3.70. The third-order valence-corrected chi connectivity index (χ3v) is 7.36. The Bertz CT molecular complexity index is 1140. The van der Waals surface area contributed by atoms with Crippen molar-refractivity contribution < 1.29 is 28.9 Å². The summed E-state index contributed by atoms with van der Waals surface area (Å²) >= 11 is 5.19. The summed E-state index contributed by atoms with van der Waals surface area (Å²) in [7, 11) is 0. The smallest absolute Gasteiger partial charge is 0.415 e. The maximum Gasteiger partial charge on any atom is 0.415 e. The van der Waals surface area contributed by atoms with E-state index in [-0.39, 0.29) is 6.42 Å². The molecule has 3 aromatic rings. The number of hydrogen-bond acceptors (Lipinski definition) is 6. The molecule has 0 bridgehead atoms. The number of carbonyl (C=O) groups excluding carboxylic acids is 1. The number of hydrogen-bond donors (Lipinski definition) is 1. The van der Waals surface area contributed by atoms with Crippen LogP contribution in [0.5, 0.6) is 11.5 Å². The molecule has 0 spiro atoms. The van der Waals surface area contributed by atoms with Crippen LogP contribution in [0.3, 0.4) is 0 Å². The molecule has 1 atom stereocenters. The van der Waals surface area contributed by atoms with E-state index in [1.807, 2.05) is 42.5 Å². The standard InChI is InChI=1S/C30H34BrNO6S/c1-2-36-28(29(33)34)22-23-10-14-25(15-11-23)37-20-19-32(30(35)38-26-16-12-24(31)13-17-26)18-6-7-21-39-27-8-4-3-5-9-27/h3-5,8-17,28H,2,6-7,18-22H2,1H3,(H,33,34). The number of carboxylic acids is 1. The summed E-state index contributed by atoms with van der Waals surface area (Å²) in [4.78, 5) is 27.2. The highest BCUT2D eigenvalue weighted by molar-refractivity contribution is 9.10.